The lowest BCUT2D eigenvalue weighted by Crippen LogP contribution is -2.22. The summed E-state index contributed by atoms with van der Waals surface area (Å²) in [5, 5.41) is 2.27. The molecule has 0 bridgehead atoms. The van der Waals surface area contributed by atoms with Crippen LogP contribution in [0, 0.1) is 6.92 Å². The van der Waals surface area contributed by atoms with Crippen molar-refractivity contribution in [2.24, 2.45) is 0 Å². The SMILES string of the molecule is CCCc1c(C)[nH+]c(N)c2c1C(=O)NC2=O. The molecule has 4 N–H and O–H groups in total. The number of pyridine rings is 1. The summed E-state index contributed by atoms with van der Waals surface area (Å²) >= 11 is 0. The zero-order chi connectivity index (χ0) is 11.9. The van der Waals surface area contributed by atoms with E-state index < -0.39 is 5.91 Å². The van der Waals surface area contributed by atoms with Crippen molar-refractivity contribution in [1.29, 1.82) is 0 Å². The van der Waals surface area contributed by atoms with Crippen LogP contribution >= 0.6 is 0 Å². The molecule has 1 aromatic rings. The van der Waals surface area contributed by atoms with E-state index in [0.717, 1.165) is 24.1 Å². The first kappa shape index (κ1) is 10.6. The molecule has 0 fully saturated rings. The molecule has 2 amide bonds. The summed E-state index contributed by atoms with van der Waals surface area (Å²) in [5.41, 5.74) is 8.19. The Morgan fingerprint density at radius 3 is 2.50 bits per heavy atom. The fourth-order valence-corrected chi connectivity index (χ4v) is 2.09. The lowest BCUT2D eigenvalue weighted by molar-refractivity contribution is -0.371. The Bertz CT molecular complexity index is 494. The third kappa shape index (κ3) is 1.36. The maximum absolute atomic E-state index is 11.7. The average Bonchev–Trinajstić information content (AvgIpc) is 2.49. The van der Waals surface area contributed by atoms with Gasteiger partial charge in [0.15, 0.2) is 0 Å². The summed E-state index contributed by atoms with van der Waals surface area (Å²) in [5.74, 6) is -0.492. The highest BCUT2D eigenvalue weighted by atomic mass is 16.2. The van der Waals surface area contributed by atoms with Gasteiger partial charge < -0.3 is 0 Å². The van der Waals surface area contributed by atoms with Gasteiger partial charge in [0, 0.05) is 5.56 Å². The molecule has 1 aliphatic heterocycles. The first-order valence-electron chi connectivity index (χ1n) is 5.26. The second-order valence-electron chi connectivity index (χ2n) is 3.93. The molecule has 0 unspecified atom stereocenters. The number of amides is 2. The van der Waals surface area contributed by atoms with Crippen LogP contribution in [0.1, 0.15) is 45.3 Å². The first-order valence-corrected chi connectivity index (χ1v) is 5.26. The second kappa shape index (κ2) is 3.59. The molecule has 0 aromatic carbocycles. The summed E-state index contributed by atoms with van der Waals surface area (Å²) in [7, 11) is 0. The minimum atomic E-state index is -0.411. The smallest absolute Gasteiger partial charge is 0.284 e. The van der Waals surface area contributed by atoms with Gasteiger partial charge in [-0.15, -0.1) is 0 Å². The van der Waals surface area contributed by atoms with Gasteiger partial charge in [0.25, 0.3) is 17.6 Å². The summed E-state index contributed by atoms with van der Waals surface area (Å²) < 4.78 is 0. The van der Waals surface area contributed by atoms with Crippen LogP contribution < -0.4 is 16.0 Å². The molecule has 0 aliphatic carbocycles. The molecule has 0 radical (unpaired) electrons. The summed E-state index contributed by atoms with van der Waals surface area (Å²) in [6.07, 6.45) is 1.66. The van der Waals surface area contributed by atoms with Crippen LogP contribution in [0.4, 0.5) is 5.82 Å². The van der Waals surface area contributed by atoms with Crippen LogP contribution in [0.25, 0.3) is 0 Å². The first-order chi connectivity index (χ1) is 7.56. The van der Waals surface area contributed by atoms with Gasteiger partial charge >= 0.3 is 0 Å². The molecule has 0 atom stereocenters. The van der Waals surface area contributed by atoms with E-state index >= 15 is 0 Å². The zero-order valence-corrected chi connectivity index (χ0v) is 9.31. The predicted octanol–water partition coefficient (Wildman–Crippen LogP) is 0.227. The number of carbonyl (C=O) groups excluding carboxylic acids is 2. The van der Waals surface area contributed by atoms with Gasteiger partial charge in [-0.3, -0.25) is 20.6 Å². The number of nitrogen functional groups attached to an aromatic ring is 1. The summed E-state index contributed by atoms with van der Waals surface area (Å²) in [4.78, 5) is 26.1. The molecule has 0 saturated carbocycles. The van der Waals surface area contributed by atoms with Gasteiger partial charge in [0.2, 0.25) is 0 Å². The minimum Gasteiger partial charge on any atom is -0.288 e. The highest BCUT2D eigenvalue weighted by Crippen LogP contribution is 2.24. The maximum Gasteiger partial charge on any atom is 0.284 e. The number of aromatic nitrogens is 1. The van der Waals surface area contributed by atoms with Crippen molar-refractivity contribution < 1.29 is 14.6 Å². The van der Waals surface area contributed by atoms with Crippen molar-refractivity contribution in [3.05, 3.63) is 22.4 Å². The lowest BCUT2D eigenvalue weighted by Gasteiger charge is -2.06. The Morgan fingerprint density at radius 2 is 1.88 bits per heavy atom. The number of rotatable bonds is 2. The average molecular weight is 220 g/mol. The molecule has 2 rings (SSSR count). The van der Waals surface area contributed by atoms with Gasteiger partial charge in [0.05, 0.1) is 5.56 Å². The summed E-state index contributed by atoms with van der Waals surface area (Å²) in [6, 6.07) is 0. The number of nitrogens with two attached hydrogens (primary N) is 1. The third-order valence-corrected chi connectivity index (χ3v) is 2.78. The maximum atomic E-state index is 11.7. The normalized spacial score (nSPS) is 13.9. The molecule has 0 spiro atoms. The molecule has 1 aromatic heterocycles. The van der Waals surface area contributed by atoms with Crippen molar-refractivity contribution >= 4 is 17.6 Å². The van der Waals surface area contributed by atoms with Crippen molar-refractivity contribution in [2.75, 3.05) is 5.73 Å². The van der Waals surface area contributed by atoms with Crippen molar-refractivity contribution in [3.63, 3.8) is 0 Å². The topological polar surface area (TPSA) is 86.3 Å². The number of fused-ring (bicyclic) bond motifs is 1. The Labute approximate surface area is 93.0 Å². The molecular weight excluding hydrogens is 206 g/mol. The molecule has 1 aliphatic rings. The lowest BCUT2D eigenvalue weighted by atomic mass is 9.98. The van der Waals surface area contributed by atoms with Crippen LogP contribution in [0.15, 0.2) is 0 Å². The number of hydrogen-bond acceptors (Lipinski definition) is 3. The number of aryl methyl sites for hydroxylation is 1. The predicted molar refractivity (Wildman–Crippen MR) is 57.9 cm³/mol. The Hall–Kier alpha value is -1.91. The second-order valence-corrected chi connectivity index (χ2v) is 3.93. The Morgan fingerprint density at radius 1 is 1.25 bits per heavy atom. The number of hydrogen-bond donors (Lipinski definition) is 2. The van der Waals surface area contributed by atoms with Crippen molar-refractivity contribution in [1.82, 2.24) is 5.32 Å². The Kier molecular flexibility index (Phi) is 2.38. The highest BCUT2D eigenvalue weighted by Gasteiger charge is 2.35. The van der Waals surface area contributed by atoms with E-state index in [0.29, 0.717) is 11.1 Å². The van der Waals surface area contributed by atoms with Crippen LogP contribution in [-0.2, 0) is 6.42 Å². The van der Waals surface area contributed by atoms with E-state index in [-0.39, 0.29) is 11.7 Å². The monoisotopic (exact) mass is 220 g/mol. The van der Waals surface area contributed by atoms with Gasteiger partial charge in [-0.2, -0.15) is 0 Å². The largest absolute Gasteiger partial charge is 0.288 e. The summed E-state index contributed by atoms with van der Waals surface area (Å²) in [6.45, 7) is 3.88. The number of H-pyrrole nitrogens is 1. The number of carbonyl (C=O) groups is 2. The number of imide groups is 1. The van der Waals surface area contributed by atoms with E-state index in [1.54, 1.807) is 0 Å². The number of aromatic amines is 1. The molecule has 5 heteroatoms. The van der Waals surface area contributed by atoms with Gasteiger partial charge in [-0.05, 0) is 13.3 Å². The molecule has 5 nitrogen and oxygen atoms in total. The third-order valence-electron chi connectivity index (χ3n) is 2.78. The molecule has 2 heterocycles. The molecule has 16 heavy (non-hydrogen) atoms. The van der Waals surface area contributed by atoms with Crippen molar-refractivity contribution in [2.45, 2.75) is 26.7 Å². The van der Waals surface area contributed by atoms with Gasteiger partial charge in [0.1, 0.15) is 11.3 Å². The number of anilines is 1. The zero-order valence-electron chi connectivity index (χ0n) is 9.31. The van der Waals surface area contributed by atoms with Crippen LogP contribution in [0.2, 0.25) is 0 Å². The van der Waals surface area contributed by atoms with E-state index in [1.807, 2.05) is 13.8 Å². The van der Waals surface area contributed by atoms with E-state index in [9.17, 15) is 9.59 Å². The fourth-order valence-electron chi connectivity index (χ4n) is 2.09. The van der Waals surface area contributed by atoms with Crippen LogP contribution in [0.5, 0.6) is 0 Å². The van der Waals surface area contributed by atoms with Crippen LogP contribution in [-0.4, -0.2) is 11.8 Å². The number of nitrogens with one attached hydrogen (secondary N) is 2. The van der Waals surface area contributed by atoms with E-state index in [4.69, 9.17) is 5.73 Å². The van der Waals surface area contributed by atoms with Gasteiger partial charge in [-0.25, -0.2) is 4.98 Å². The molecule has 0 saturated heterocycles. The van der Waals surface area contributed by atoms with Crippen molar-refractivity contribution in [3.8, 4) is 0 Å². The van der Waals surface area contributed by atoms with E-state index in [2.05, 4.69) is 10.3 Å². The van der Waals surface area contributed by atoms with Gasteiger partial charge in [-0.1, -0.05) is 13.3 Å². The molecular formula is C11H14N3O2+. The Balaban J connectivity index is 2.73. The quantitative estimate of drug-likeness (QED) is 0.699. The fraction of sp³-hybridized carbons (Fsp3) is 0.364. The molecule has 84 valence electrons. The van der Waals surface area contributed by atoms with Crippen LogP contribution in [0.3, 0.4) is 0 Å². The standard InChI is InChI=1S/C11H13N3O2/c1-3-4-6-5(2)13-9(12)8-7(6)10(15)14-11(8)16/h3-4H2,1-2H3,(H2,12,13)(H,14,15,16)/p+1. The van der Waals surface area contributed by atoms with E-state index in [1.165, 1.54) is 0 Å². The minimum absolute atomic E-state index is 0.260. The highest BCUT2D eigenvalue weighted by molar-refractivity contribution is 6.23.